The molecule has 14 nitrogen and oxygen atoms in total. The number of ether oxygens (including phenoxy) is 3. The lowest BCUT2D eigenvalue weighted by Gasteiger charge is -2.40. The van der Waals surface area contributed by atoms with Gasteiger partial charge in [0.2, 0.25) is 17.7 Å². The molecule has 0 bridgehead atoms. The van der Waals surface area contributed by atoms with Crippen molar-refractivity contribution < 1.29 is 55.6 Å². The van der Waals surface area contributed by atoms with Crippen LogP contribution >= 0.6 is 0 Å². The fourth-order valence-electron chi connectivity index (χ4n) is 6.58. The van der Waals surface area contributed by atoms with Crippen LogP contribution in [-0.2, 0) is 44.4 Å². The molecule has 1 heterocycles. The van der Waals surface area contributed by atoms with Crippen molar-refractivity contribution in [2.75, 3.05) is 33.1 Å². The van der Waals surface area contributed by atoms with Crippen molar-refractivity contribution >= 4 is 46.4 Å². The molecule has 0 aromatic heterocycles. The minimum absolute atomic E-state index is 0.0717. The second kappa shape index (κ2) is 20.4. The highest BCUT2D eigenvalue weighted by Gasteiger charge is 2.43. The highest BCUT2D eigenvalue weighted by Crippen LogP contribution is 2.30. The Morgan fingerprint density at radius 3 is 2.09 bits per heavy atom. The highest BCUT2D eigenvalue weighted by molar-refractivity contribution is 7.83. The van der Waals surface area contributed by atoms with Gasteiger partial charge in [0, 0.05) is 33.5 Å². The first-order valence-electron chi connectivity index (χ1n) is 18.3. The molecule has 2 rings (SSSR count). The second-order valence-electron chi connectivity index (χ2n) is 15.2. The molecule has 0 aliphatic carbocycles. The Hall–Kier alpha value is -3.77. The lowest BCUT2D eigenvalue weighted by Crippen LogP contribution is -2.58. The number of hydrogen-bond donors (Lipinski definition) is 3. The van der Waals surface area contributed by atoms with Crippen LogP contribution in [0.4, 0.5) is 23.7 Å². The number of methoxy groups -OCH3 is 2. The molecule has 0 spiro atoms. The summed E-state index contributed by atoms with van der Waals surface area (Å²) < 4.78 is 70.2. The normalized spacial score (nSPS) is 18.7. The Labute approximate surface area is 324 Å². The summed E-state index contributed by atoms with van der Waals surface area (Å²) in [5.74, 6) is -4.72. The number of rotatable bonds is 17. The number of benzene rings is 1. The van der Waals surface area contributed by atoms with E-state index in [9.17, 15) is 41.4 Å². The summed E-state index contributed by atoms with van der Waals surface area (Å²) in [5.41, 5.74) is -0.938. The van der Waals surface area contributed by atoms with Gasteiger partial charge in [-0.2, -0.15) is 13.2 Å². The Bertz CT molecular complexity index is 1510. The predicted octanol–water partition coefficient (Wildman–Crippen LogP) is 4.80. The van der Waals surface area contributed by atoms with Crippen LogP contribution in [0.5, 0.6) is 0 Å². The fraction of sp³-hybridized carbons (Fsp3) is 0.703. The molecular weight excluding hydrogens is 747 g/mol. The summed E-state index contributed by atoms with van der Waals surface area (Å²) >= 11 is 0. The van der Waals surface area contributed by atoms with E-state index in [1.165, 1.54) is 31.3 Å². The minimum atomic E-state index is -5.08. The molecular formula is C37H58F3N5O9S. The second-order valence-corrected chi connectivity index (χ2v) is 16.4. The molecule has 0 saturated carbocycles. The number of nitrogens with one attached hydrogen (secondary N) is 3. The van der Waals surface area contributed by atoms with Gasteiger partial charge in [0.1, 0.15) is 11.6 Å². The zero-order chi connectivity index (χ0) is 42.0. The van der Waals surface area contributed by atoms with Crippen molar-refractivity contribution in [3.8, 4) is 0 Å². The smallest absolute Gasteiger partial charge is 0.444 e. The summed E-state index contributed by atoms with van der Waals surface area (Å²) in [6, 6.07) is 2.70. The van der Waals surface area contributed by atoms with Crippen LogP contribution in [0.3, 0.4) is 0 Å². The van der Waals surface area contributed by atoms with E-state index in [1.807, 2.05) is 27.7 Å². The molecule has 1 aliphatic heterocycles. The van der Waals surface area contributed by atoms with Gasteiger partial charge in [-0.05, 0) is 69.7 Å². The molecule has 5 amide bonds. The van der Waals surface area contributed by atoms with Crippen LogP contribution in [0.15, 0.2) is 29.2 Å². The topological polar surface area (TPSA) is 173 Å². The van der Waals surface area contributed by atoms with E-state index in [0.29, 0.717) is 25.8 Å². The summed E-state index contributed by atoms with van der Waals surface area (Å²) in [6.45, 7) is 14.7. The van der Waals surface area contributed by atoms with E-state index in [2.05, 4.69) is 10.0 Å². The van der Waals surface area contributed by atoms with Gasteiger partial charge < -0.3 is 34.6 Å². The zero-order valence-electron chi connectivity index (χ0n) is 33.6. The average Bonchev–Trinajstić information content (AvgIpc) is 3.58. The first-order chi connectivity index (χ1) is 25.5. The van der Waals surface area contributed by atoms with Gasteiger partial charge in [0.05, 0.1) is 41.5 Å². The van der Waals surface area contributed by atoms with E-state index in [-0.39, 0.29) is 40.7 Å². The van der Waals surface area contributed by atoms with Crippen molar-refractivity contribution in [2.24, 2.45) is 17.8 Å². The quantitative estimate of drug-likeness (QED) is 0.200. The number of hydrogen-bond acceptors (Lipinski definition) is 9. The van der Waals surface area contributed by atoms with Gasteiger partial charge in [0.15, 0.2) is 11.0 Å². The van der Waals surface area contributed by atoms with Crippen LogP contribution in [-0.4, -0.2) is 114 Å². The van der Waals surface area contributed by atoms with E-state index in [0.717, 1.165) is 12.1 Å². The van der Waals surface area contributed by atoms with Crippen molar-refractivity contribution in [3.63, 3.8) is 0 Å². The zero-order valence-corrected chi connectivity index (χ0v) is 34.4. The monoisotopic (exact) mass is 805 g/mol. The number of carbonyl (C=O) groups is 5. The molecule has 18 heteroatoms. The van der Waals surface area contributed by atoms with E-state index >= 15 is 0 Å². The maximum Gasteiger partial charge on any atom is 0.471 e. The Morgan fingerprint density at radius 1 is 1.00 bits per heavy atom. The standard InChI is InChI=1S/C37H58F3N5O9S/c1-12-22(4)30(44(9)33(48)29(21(2)3)42-35(50)54-36(6,7)8)27(52-10)20-28(46)45-19-13-14-26(45)31(53-11)23(5)32(47)43-55(51)25-17-15-24(16-18-25)41-34(49)37(38,39)40/h15-18,21-23,26-27,29-31H,12-14,19-20H2,1-11H3,(H,41,49)(H,42,50)(H,43,47)/t22-,23-,26+,27-,29+,30+,31-,55?/m1/s1. The molecule has 1 aliphatic rings. The molecule has 3 N–H and O–H groups in total. The van der Waals surface area contributed by atoms with Crippen molar-refractivity contribution in [1.29, 1.82) is 0 Å². The van der Waals surface area contributed by atoms with Gasteiger partial charge in [-0.3, -0.25) is 23.9 Å². The SMILES string of the molecule is CC[C@@H](C)[C@@H]([C@@H](CC(=O)N1CCC[C@H]1[C@H](OC)[C@@H](C)C(=O)NS(=O)c1ccc(NC(=O)C(F)(F)F)cc1)OC)N(C)C(=O)[C@@H](NC(=O)OC(C)(C)C)C(C)C. The number of carbonyl (C=O) groups excluding carboxylic acids is 5. The van der Waals surface area contributed by atoms with E-state index in [4.69, 9.17) is 14.2 Å². The van der Waals surface area contributed by atoms with Crippen LogP contribution in [0, 0.1) is 17.8 Å². The number of likely N-dealkylation sites (tertiary alicyclic amines) is 1. The summed E-state index contributed by atoms with van der Waals surface area (Å²) in [5, 5.41) is 4.40. The molecule has 8 atom stereocenters. The molecule has 312 valence electrons. The predicted molar refractivity (Wildman–Crippen MR) is 200 cm³/mol. The summed E-state index contributed by atoms with van der Waals surface area (Å²) in [7, 11) is 2.41. The van der Waals surface area contributed by atoms with E-state index in [1.54, 1.807) is 45.0 Å². The maximum atomic E-state index is 14.1. The molecule has 1 saturated heterocycles. The van der Waals surface area contributed by atoms with Gasteiger partial charge >= 0.3 is 18.2 Å². The van der Waals surface area contributed by atoms with Crippen molar-refractivity contribution in [2.45, 2.75) is 128 Å². The molecule has 1 aromatic carbocycles. The number of alkyl carbamates (subject to hydrolysis) is 1. The van der Waals surface area contributed by atoms with Crippen molar-refractivity contribution in [1.82, 2.24) is 19.8 Å². The van der Waals surface area contributed by atoms with Gasteiger partial charge in [-0.1, -0.05) is 41.0 Å². The lowest BCUT2D eigenvalue weighted by molar-refractivity contribution is -0.167. The average molecular weight is 806 g/mol. The number of likely N-dealkylation sites (N-methyl/N-ethyl adjacent to an activating group) is 1. The van der Waals surface area contributed by atoms with Crippen LogP contribution in [0.1, 0.15) is 81.1 Å². The van der Waals surface area contributed by atoms with Crippen LogP contribution < -0.4 is 15.4 Å². The Morgan fingerprint density at radius 2 is 1.60 bits per heavy atom. The largest absolute Gasteiger partial charge is 0.471 e. The summed E-state index contributed by atoms with van der Waals surface area (Å²) in [6.07, 6.45) is -5.62. The third-order valence-corrected chi connectivity index (χ3v) is 10.7. The van der Waals surface area contributed by atoms with E-state index < -0.39 is 76.9 Å². The Kier molecular flexibility index (Phi) is 17.6. The fourth-order valence-corrected chi connectivity index (χ4v) is 7.45. The van der Waals surface area contributed by atoms with Gasteiger partial charge in [0.25, 0.3) is 0 Å². The van der Waals surface area contributed by atoms with Crippen LogP contribution in [0.2, 0.25) is 0 Å². The number of alkyl halides is 3. The van der Waals surface area contributed by atoms with Crippen molar-refractivity contribution in [3.05, 3.63) is 24.3 Å². The molecule has 1 aromatic rings. The molecule has 55 heavy (non-hydrogen) atoms. The minimum Gasteiger partial charge on any atom is -0.444 e. The number of halogens is 3. The molecule has 0 radical (unpaired) electrons. The van der Waals surface area contributed by atoms with Crippen LogP contribution in [0.25, 0.3) is 0 Å². The number of amides is 5. The van der Waals surface area contributed by atoms with Gasteiger partial charge in [-0.25, -0.2) is 9.00 Å². The third-order valence-electron chi connectivity index (χ3n) is 9.64. The first kappa shape index (κ1) is 47.4. The first-order valence-corrected chi connectivity index (χ1v) is 19.4. The Balaban J connectivity index is 2.21. The maximum absolute atomic E-state index is 14.1. The highest BCUT2D eigenvalue weighted by atomic mass is 32.2. The number of nitrogens with zero attached hydrogens (tertiary/aromatic N) is 2. The third kappa shape index (κ3) is 13.4. The van der Waals surface area contributed by atoms with Gasteiger partial charge in [-0.15, -0.1) is 0 Å². The lowest BCUT2D eigenvalue weighted by atomic mass is 9.89. The molecule has 1 unspecified atom stereocenters. The molecule has 1 fully saturated rings. The summed E-state index contributed by atoms with van der Waals surface area (Å²) in [4.78, 5) is 68.4. The number of anilines is 1.